The summed E-state index contributed by atoms with van der Waals surface area (Å²) in [6.07, 6.45) is 7.51. The van der Waals surface area contributed by atoms with E-state index in [0.29, 0.717) is 24.4 Å². The molecule has 10 nitrogen and oxygen atoms in total. The maximum absolute atomic E-state index is 12.8. The summed E-state index contributed by atoms with van der Waals surface area (Å²) in [6.45, 7) is 11.5. The highest BCUT2D eigenvalue weighted by Gasteiger charge is 2.45. The number of carbonyl (C=O) groups excluding carboxylic acids is 1. The van der Waals surface area contributed by atoms with Gasteiger partial charge in [-0.3, -0.25) is 0 Å². The molecule has 2 aromatic rings. The third-order valence-electron chi connectivity index (χ3n) is 7.18. The van der Waals surface area contributed by atoms with E-state index in [-0.39, 0.29) is 30.3 Å². The molecule has 5 rings (SSSR count). The second-order valence-electron chi connectivity index (χ2n) is 11.5. The van der Waals surface area contributed by atoms with Crippen LogP contribution in [-0.2, 0) is 9.47 Å². The lowest BCUT2D eigenvalue weighted by molar-refractivity contribution is 0.00681. The number of rotatable bonds is 5. The summed E-state index contributed by atoms with van der Waals surface area (Å²) in [5.74, 6) is 1.59. The molecule has 3 fully saturated rings. The molecule has 0 spiro atoms. The van der Waals surface area contributed by atoms with Crippen LogP contribution in [0.5, 0.6) is 0 Å². The number of anilines is 2. The number of ether oxygens (including phenoxy) is 2. The molecule has 2 N–H and O–H groups in total. The Bertz CT molecular complexity index is 1040. The van der Waals surface area contributed by atoms with Gasteiger partial charge in [-0.15, -0.1) is 0 Å². The van der Waals surface area contributed by atoms with Crippen LogP contribution in [0.3, 0.4) is 0 Å². The Morgan fingerprint density at radius 3 is 2.49 bits per heavy atom. The zero-order valence-electron chi connectivity index (χ0n) is 21.6. The van der Waals surface area contributed by atoms with Crippen LogP contribution >= 0.6 is 0 Å². The largest absolute Gasteiger partial charge is 0.444 e. The Kier molecular flexibility index (Phi) is 6.50. The highest BCUT2D eigenvalue weighted by Crippen LogP contribution is 2.38. The molecule has 0 saturated carbocycles. The molecule has 35 heavy (non-hydrogen) atoms. The molecule has 3 aliphatic heterocycles. The van der Waals surface area contributed by atoms with Gasteiger partial charge in [-0.25, -0.2) is 4.79 Å². The number of nitrogens with zero attached hydrogens (tertiary/aromatic N) is 5. The number of carbonyl (C=O) groups is 1. The standard InChI is InChI=1S/C25H39N7O3/c1-15(2)20-13-26-32-21(20)29-22(27-16-7-6-10-34-14-16)30-23(32)28-17-11-18-8-9-19(12-17)31(18)24(33)35-25(3,4)5/h13,15-19H,6-12,14H2,1-5H3,(H2,27,28,29,30). The maximum atomic E-state index is 12.8. The van der Waals surface area contributed by atoms with Gasteiger partial charge in [-0.2, -0.15) is 19.6 Å². The van der Waals surface area contributed by atoms with Crippen molar-refractivity contribution >= 4 is 23.6 Å². The molecule has 192 valence electrons. The van der Waals surface area contributed by atoms with E-state index in [2.05, 4.69) is 29.6 Å². The first kappa shape index (κ1) is 24.1. The summed E-state index contributed by atoms with van der Waals surface area (Å²) in [5, 5.41) is 11.8. The van der Waals surface area contributed by atoms with Gasteiger partial charge in [-0.1, -0.05) is 13.8 Å². The normalized spacial score (nSPS) is 26.9. The molecule has 0 aliphatic carbocycles. The van der Waals surface area contributed by atoms with Crippen LogP contribution in [0, 0.1) is 0 Å². The van der Waals surface area contributed by atoms with Gasteiger partial charge in [0.25, 0.3) is 0 Å². The van der Waals surface area contributed by atoms with Gasteiger partial charge in [0.15, 0.2) is 5.65 Å². The third-order valence-corrected chi connectivity index (χ3v) is 7.18. The Labute approximate surface area is 207 Å². The Hall–Kier alpha value is -2.62. The van der Waals surface area contributed by atoms with Crippen molar-refractivity contribution in [3.05, 3.63) is 11.8 Å². The molecule has 3 atom stereocenters. The number of hydrogen-bond acceptors (Lipinski definition) is 8. The minimum atomic E-state index is -0.487. The van der Waals surface area contributed by atoms with E-state index in [1.165, 1.54) is 0 Å². The first-order chi connectivity index (χ1) is 16.7. The predicted octanol–water partition coefficient (Wildman–Crippen LogP) is 4.18. The van der Waals surface area contributed by atoms with Gasteiger partial charge in [0.1, 0.15) is 5.60 Å². The summed E-state index contributed by atoms with van der Waals surface area (Å²) in [4.78, 5) is 24.5. The second-order valence-corrected chi connectivity index (χ2v) is 11.5. The van der Waals surface area contributed by atoms with Crippen molar-refractivity contribution in [2.24, 2.45) is 0 Å². The molecule has 5 heterocycles. The summed E-state index contributed by atoms with van der Waals surface area (Å²) in [7, 11) is 0. The molecule has 1 amide bonds. The fourth-order valence-electron chi connectivity index (χ4n) is 5.59. The lowest BCUT2D eigenvalue weighted by atomic mass is 9.98. The highest BCUT2D eigenvalue weighted by molar-refractivity contribution is 5.70. The zero-order chi connectivity index (χ0) is 24.7. The van der Waals surface area contributed by atoms with Gasteiger partial charge in [0.05, 0.1) is 18.8 Å². The van der Waals surface area contributed by atoms with Crippen molar-refractivity contribution in [1.29, 1.82) is 0 Å². The van der Waals surface area contributed by atoms with Gasteiger partial charge < -0.3 is 25.0 Å². The fourth-order valence-corrected chi connectivity index (χ4v) is 5.59. The minimum Gasteiger partial charge on any atom is -0.444 e. The summed E-state index contributed by atoms with van der Waals surface area (Å²) in [6, 6.07) is 0.762. The number of aromatic nitrogens is 4. The van der Waals surface area contributed by atoms with Crippen molar-refractivity contribution in [2.75, 3.05) is 23.8 Å². The van der Waals surface area contributed by atoms with E-state index >= 15 is 0 Å². The second kappa shape index (κ2) is 9.44. The summed E-state index contributed by atoms with van der Waals surface area (Å²) in [5.41, 5.74) is 1.43. The smallest absolute Gasteiger partial charge is 0.410 e. The van der Waals surface area contributed by atoms with Crippen LogP contribution in [0.25, 0.3) is 5.65 Å². The molecule has 2 aromatic heterocycles. The molecule has 3 unspecified atom stereocenters. The van der Waals surface area contributed by atoms with Gasteiger partial charge in [0.2, 0.25) is 11.9 Å². The van der Waals surface area contributed by atoms with Gasteiger partial charge >= 0.3 is 6.09 Å². The summed E-state index contributed by atoms with van der Waals surface area (Å²) < 4.78 is 13.2. The molecule has 2 bridgehead atoms. The van der Waals surface area contributed by atoms with Crippen molar-refractivity contribution in [3.63, 3.8) is 0 Å². The lowest BCUT2D eigenvalue weighted by Crippen LogP contribution is -2.51. The van der Waals surface area contributed by atoms with Crippen LogP contribution in [0.15, 0.2) is 6.20 Å². The average Bonchev–Trinajstić information content (AvgIpc) is 3.32. The molecule has 10 heteroatoms. The Morgan fingerprint density at radius 1 is 1.11 bits per heavy atom. The SMILES string of the molecule is CC(C)c1cnn2c(NC3CC4CCC(C3)N4C(=O)OC(C)(C)C)nc(NC3CCCOC3)nc12. The summed E-state index contributed by atoms with van der Waals surface area (Å²) >= 11 is 0. The lowest BCUT2D eigenvalue weighted by Gasteiger charge is -2.39. The highest BCUT2D eigenvalue weighted by atomic mass is 16.6. The quantitative estimate of drug-likeness (QED) is 0.650. The molecule has 0 radical (unpaired) electrons. The number of amides is 1. The van der Waals surface area contributed by atoms with E-state index in [1.54, 1.807) is 0 Å². The minimum absolute atomic E-state index is 0.180. The van der Waals surface area contributed by atoms with Crippen LogP contribution in [0.2, 0.25) is 0 Å². The van der Waals surface area contributed by atoms with Gasteiger partial charge in [-0.05, 0) is 65.2 Å². The van der Waals surface area contributed by atoms with Crippen LogP contribution < -0.4 is 10.6 Å². The first-order valence-electron chi connectivity index (χ1n) is 13.1. The average molecular weight is 486 g/mol. The molecule has 0 aromatic carbocycles. The number of nitrogens with one attached hydrogen (secondary N) is 2. The zero-order valence-corrected chi connectivity index (χ0v) is 21.6. The third kappa shape index (κ3) is 5.17. The van der Waals surface area contributed by atoms with Crippen molar-refractivity contribution in [3.8, 4) is 0 Å². The molecule has 3 saturated heterocycles. The topological polar surface area (TPSA) is 106 Å². The van der Waals surface area contributed by atoms with E-state index in [1.807, 2.05) is 36.4 Å². The predicted molar refractivity (Wildman–Crippen MR) is 134 cm³/mol. The Balaban J connectivity index is 1.36. The van der Waals surface area contributed by atoms with E-state index in [4.69, 9.17) is 19.4 Å². The number of fused-ring (bicyclic) bond motifs is 3. The molecular weight excluding hydrogens is 446 g/mol. The van der Waals surface area contributed by atoms with Crippen LogP contribution in [0.4, 0.5) is 16.7 Å². The van der Waals surface area contributed by atoms with E-state index in [9.17, 15) is 4.79 Å². The van der Waals surface area contributed by atoms with Crippen LogP contribution in [-0.4, -0.2) is 73.6 Å². The first-order valence-corrected chi connectivity index (χ1v) is 13.1. The fraction of sp³-hybridized carbons (Fsp3) is 0.760. The van der Waals surface area contributed by atoms with Crippen molar-refractivity contribution < 1.29 is 14.3 Å². The number of hydrogen-bond donors (Lipinski definition) is 2. The van der Waals surface area contributed by atoms with E-state index < -0.39 is 5.60 Å². The molecule has 3 aliphatic rings. The van der Waals surface area contributed by atoms with Crippen molar-refractivity contribution in [1.82, 2.24) is 24.5 Å². The Morgan fingerprint density at radius 2 is 1.86 bits per heavy atom. The van der Waals surface area contributed by atoms with Crippen LogP contribution in [0.1, 0.15) is 84.6 Å². The maximum Gasteiger partial charge on any atom is 0.410 e. The van der Waals surface area contributed by atoms with E-state index in [0.717, 1.165) is 56.3 Å². The number of piperidine rings is 1. The molecular formula is C25H39N7O3. The van der Waals surface area contributed by atoms with Gasteiger partial charge in [0, 0.05) is 30.3 Å². The van der Waals surface area contributed by atoms with Crippen molar-refractivity contribution in [2.45, 2.75) is 109 Å². The monoisotopic (exact) mass is 485 g/mol.